The molecule has 0 spiro atoms. The molecule has 6 nitrogen and oxygen atoms in total. The van der Waals surface area contributed by atoms with Crippen molar-refractivity contribution in [2.75, 3.05) is 7.11 Å². The van der Waals surface area contributed by atoms with E-state index in [1.807, 2.05) is 19.9 Å². The van der Waals surface area contributed by atoms with Crippen molar-refractivity contribution in [2.24, 2.45) is 0 Å². The van der Waals surface area contributed by atoms with E-state index >= 15 is 0 Å². The lowest BCUT2D eigenvalue weighted by atomic mass is 10.1. The van der Waals surface area contributed by atoms with E-state index in [1.54, 1.807) is 11.6 Å². The highest BCUT2D eigenvalue weighted by Crippen LogP contribution is 2.16. The summed E-state index contributed by atoms with van der Waals surface area (Å²) in [6.45, 7) is 4.08. The highest BCUT2D eigenvalue weighted by molar-refractivity contribution is 5.71. The zero-order valence-electron chi connectivity index (χ0n) is 10.6. The molecule has 0 unspecified atom stereocenters. The average Bonchev–Trinajstić information content (AvgIpc) is 2.67. The lowest BCUT2D eigenvalue weighted by molar-refractivity contribution is -0.136. The van der Waals surface area contributed by atoms with Crippen LogP contribution in [0.3, 0.4) is 0 Å². The zero-order chi connectivity index (χ0) is 13.3. The summed E-state index contributed by atoms with van der Waals surface area (Å²) in [5.41, 5.74) is 3.74. The Morgan fingerprint density at radius 3 is 2.83 bits per heavy atom. The molecule has 1 N–H and O–H groups in total. The number of carboxylic acid groups (broad SMARTS) is 1. The Kier molecular flexibility index (Phi) is 3.29. The van der Waals surface area contributed by atoms with Crippen molar-refractivity contribution >= 4 is 11.6 Å². The summed E-state index contributed by atoms with van der Waals surface area (Å²) in [4.78, 5) is 15.2. The van der Waals surface area contributed by atoms with Crippen molar-refractivity contribution < 1.29 is 14.6 Å². The van der Waals surface area contributed by atoms with Gasteiger partial charge in [-0.25, -0.2) is 9.50 Å². The van der Waals surface area contributed by atoms with E-state index in [0.29, 0.717) is 17.8 Å². The molecule has 2 rings (SSSR count). The summed E-state index contributed by atoms with van der Waals surface area (Å²) in [5, 5.41) is 13.2. The molecule has 0 aromatic carbocycles. The predicted octanol–water partition coefficient (Wildman–Crippen LogP) is 1.12. The summed E-state index contributed by atoms with van der Waals surface area (Å²) < 4.78 is 6.69. The Balaban J connectivity index is 2.57. The van der Waals surface area contributed by atoms with Crippen LogP contribution in [0.15, 0.2) is 6.07 Å². The maximum Gasteiger partial charge on any atom is 0.307 e. The SMILES string of the molecule is COCc1cc2nc(C)c(CC(=O)O)c(C)n2n1. The molecule has 0 radical (unpaired) electrons. The lowest BCUT2D eigenvalue weighted by Gasteiger charge is -2.08. The largest absolute Gasteiger partial charge is 0.481 e. The van der Waals surface area contributed by atoms with Crippen LogP contribution in [-0.4, -0.2) is 32.8 Å². The summed E-state index contributed by atoms with van der Waals surface area (Å²) >= 11 is 0. The van der Waals surface area contributed by atoms with Gasteiger partial charge in [0.05, 0.1) is 18.7 Å². The van der Waals surface area contributed by atoms with Crippen LogP contribution >= 0.6 is 0 Å². The van der Waals surface area contributed by atoms with Crippen LogP contribution in [-0.2, 0) is 22.6 Å². The van der Waals surface area contributed by atoms with Crippen molar-refractivity contribution in [2.45, 2.75) is 26.9 Å². The highest BCUT2D eigenvalue weighted by atomic mass is 16.5. The zero-order valence-corrected chi connectivity index (χ0v) is 10.6. The van der Waals surface area contributed by atoms with E-state index in [0.717, 1.165) is 17.1 Å². The fourth-order valence-electron chi connectivity index (χ4n) is 2.00. The van der Waals surface area contributed by atoms with E-state index in [4.69, 9.17) is 9.84 Å². The minimum Gasteiger partial charge on any atom is -0.481 e. The van der Waals surface area contributed by atoms with Gasteiger partial charge in [-0.05, 0) is 13.8 Å². The van der Waals surface area contributed by atoms with Crippen LogP contribution in [0.4, 0.5) is 0 Å². The van der Waals surface area contributed by atoms with Gasteiger partial charge in [-0.2, -0.15) is 5.10 Å². The number of rotatable bonds is 4. The Labute approximate surface area is 104 Å². The number of aromatic nitrogens is 3. The van der Waals surface area contributed by atoms with Gasteiger partial charge in [0, 0.05) is 30.1 Å². The van der Waals surface area contributed by atoms with Gasteiger partial charge >= 0.3 is 5.97 Å². The first-order chi connectivity index (χ1) is 8.52. The number of carbonyl (C=O) groups is 1. The summed E-state index contributed by atoms with van der Waals surface area (Å²) in [6, 6.07) is 1.84. The van der Waals surface area contributed by atoms with E-state index in [-0.39, 0.29) is 6.42 Å². The maximum absolute atomic E-state index is 10.8. The minimum absolute atomic E-state index is 0.0416. The van der Waals surface area contributed by atoms with Crippen LogP contribution < -0.4 is 0 Å². The van der Waals surface area contributed by atoms with E-state index < -0.39 is 5.97 Å². The molecule has 0 saturated carbocycles. The molecule has 0 saturated heterocycles. The molecule has 0 bridgehead atoms. The van der Waals surface area contributed by atoms with Gasteiger partial charge in [0.1, 0.15) is 0 Å². The van der Waals surface area contributed by atoms with Crippen LogP contribution in [0.25, 0.3) is 5.65 Å². The molecule has 2 heterocycles. The molecule has 0 aliphatic heterocycles. The molecule has 0 aliphatic carbocycles. The van der Waals surface area contributed by atoms with Crippen molar-refractivity contribution in [3.05, 3.63) is 28.7 Å². The van der Waals surface area contributed by atoms with Crippen molar-refractivity contribution in [1.29, 1.82) is 0 Å². The van der Waals surface area contributed by atoms with Crippen LogP contribution in [0.1, 0.15) is 22.6 Å². The molecule has 2 aromatic heterocycles. The van der Waals surface area contributed by atoms with Crippen molar-refractivity contribution in [1.82, 2.24) is 14.6 Å². The smallest absolute Gasteiger partial charge is 0.307 e. The van der Waals surface area contributed by atoms with Gasteiger partial charge in [0.15, 0.2) is 5.65 Å². The van der Waals surface area contributed by atoms with Crippen molar-refractivity contribution in [3.8, 4) is 0 Å². The number of aryl methyl sites for hydroxylation is 2. The third-order valence-electron chi connectivity index (χ3n) is 2.83. The normalized spacial score (nSPS) is 11.1. The maximum atomic E-state index is 10.8. The molecule has 0 atom stereocenters. The first-order valence-corrected chi connectivity index (χ1v) is 5.58. The van der Waals surface area contributed by atoms with E-state index in [2.05, 4.69) is 10.1 Å². The molecule has 0 aliphatic rings. The summed E-state index contributed by atoms with van der Waals surface area (Å²) in [6.07, 6.45) is -0.0416. The molecule has 0 fully saturated rings. The molecular formula is C12H15N3O3. The first-order valence-electron chi connectivity index (χ1n) is 5.58. The monoisotopic (exact) mass is 249 g/mol. The van der Waals surface area contributed by atoms with Crippen LogP contribution in [0.5, 0.6) is 0 Å². The second-order valence-corrected chi connectivity index (χ2v) is 4.17. The summed E-state index contributed by atoms with van der Waals surface area (Å²) in [7, 11) is 1.60. The van der Waals surface area contributed by atoms with Gasteiger partial charge in [-0.15, -0.1) is 0 Å². The Hall–Kier alpha value is -1.95. The van der Waals surface area contributed by atoms with Gasteiger partial charge in [-0.1, -0.05) is 0 Å². The fourth-order valence-corrected chi connectivity index (χ4v) is 2.00. The third kappa shape index (κ3) is 2.19. The second-order valence-electron chi connectivity index (χ2n) is 4.17. The highest BCUT2D eigenvalue weighted by Gasteiger charge is 2.14. The molecule has 96 valence electrons. The predicted molar refractivity (Wildman–Crippen MR) is 64.5 cm³/mol. The van der Waals surface area contributed by atoms with Crippen LogP contribution in [0, 0.1) is 13.8 Å². The summed E-state index contributed by atoms with van der Waals surface area (Å²) in [5.74, 6) is -0.869. The number of fused-ring (bicyclic) bond motifs is 1. The molecule has 2 aromatic rings. The number of nitrogens with zero attached hydrogens (tertiary/aromatic N) is 3. The minimum atomic E-state index is -0.869. The Bertz CT molecular complexity index is 604. The number of hydrogen-bond acceptors (Lipinski definition) is 4. The second kappa shape index (κ2) is 4.73. The lowest BCUT2D eigenvalue weighted by Crippen LogP contribution is -2.10. The third-order valence-corrected chi connectivity index (χ3v) is 2.83. The average molecular weight is 249 g/mol. The standard InChI is InChI=1S/C12H15N3O3/c1-7-10(5-12(16)17)8(2)15-11(13-7)4-9(14-15)6-18-3/h4H,5-6H2,1-3H3,(H,16,17). The van der Waals surface area contributed by atoms with Gasteiger partial charge in [0.2, 0.25) is 0 Å². The molecule has 6 heteroatoms. The van der Waals surface area contributed by atoms with E-state index in [9.17, 15) is 4.79 Å². The van der Waals surface area contributed by atoms with E-state index in [1.165, 1.54) is 0 Å². The number of ether oxygens (including phenoxy) is 1. The van der Waals surface area contributed by atoms with Crippen LogP contribution in [0.2, 0.25) is 0 Å². The topological polar surface area (TPSA) is 76.7 Å². The quantitative estimate of drug-likeness (QED) is 0.878. The first kappa shape index (κ1) is 12.5. The van der Waals surface area contributed by atoms with Crippen molar-refractivity contribution in [3.63, 3.8) is 0 Å². The number of methoxy groups -OCH3 is 1. The van der Waals surface area contributed by atoms with Gasteiger partial charge in [-0.3, -0.25) is 4.79 Å². The van der Waals surface area contributed by atoms with Gasteiger partial charge < -0.3 is 9.84 Å². The Morgan fingerprint density at radius 1 is 1.50 bits per heavy atom. The fraction of sp³-hybridized carbons (Fsp3) is 0.417. The Morgan fingerprint density at radius 2 is 2.22 bits per heavy atom. The van der Waals surface area contributed by atoms with Gasteiger partial charge in [0.25, 0.3) is 0 Å². The number of hydrogen-bond donors (Lipinski definition) is 1. The number of carboxylic acids is 1. The molecule has 0 amide bonds. The molecule has 18 heavy (non-hydrogen) atoms. The molecular weight excluding hydrogens is 234 g/mol. The number of aliphatic carboxylic acids is 1.